The molecule has 6 nitrogen and oxygen atoms in total. The molecule has 0 saturated heterocycles. The van der Waals surface area contributed by atoms with Crippen LogP contribution in [0.5, 0.6) is 0 Å². The van der Waals surface area contributed by atoms with Crippen molar-refractivity contribution in [2.24, 2.45) is 0 Å². The summed E-state index contributed by atoms with van der Waals surface area (Å²) in [7, 11) is -3.60. The molecule has 0 heterocycles. The molecule has 0 aliphatic rings. The van der Waals surface area contributed by atoms with Gasteiger partial charge < -0.3 is 10.1 Å². The van der Waals surface area contributed by atoms with Crippen LogP contribution < -0.4 is 5.32 Å². The van der Waals surface area contributed by atoms with E-state index in [-0.39, 0.29) is 11.3 Å². The van der Waals surface area contributed by atoms with Crippen LogP contribution in [-0.2, 0) is 24.2 Å². The number of hydrogen-bond acceptors (Lipinski definition) is 5. The Balaban J connectivity index is 1.87. The smallest absolute Gasteiger partial charge is 0.307 e. The average Bonchev–Trinajstić information content (AvgIpc) is 2.60. The Morgan fingerprint density at radius 2 is 1.81 bits per heavy atom. The number of hydrogen-bond donors (Lipinski definition) is 1. The molecule has 2 rings (SSSR count). The molecule has 0 fully saturated rings. The fourth-order valence-corrected chi connectivity index (χ4v) is 3.61. The highest BCUT2D eigenvalue weighted by Gasteiger charge is 2.21. The van der Waals surface area contributed by atoms with E-state index in [0.717, 1.165) is 5.56 Å². The van der Waals surface area contributed by atoms with E-state index >= 15 is 0 Å². The lowest BCUT2D eigenvalue weighted by atomic mass is 10.2. The van der Waals surface area contributed by atoms with Crippen molar-refractivity contribution < 1.29 is 22.7 Å². The van der Waals surface area contributed by atoms with Crippen molar-refractivity contribution in [2.45, 2.75) is 31.3 Å². The highest BCUT2D eigenvalue weighted by molar-refractivity contribution is 7.91. The van der Waals surface area contributed by atoms with Crippen molar-refractivity contribution in [3.8, 4) is 0 Å². The molecule has 0 aliphatic carbocycles. The van der Waals surface area contributed by atoms with Gasteiger partial charge in [0, 0.05) is 10.7 Å². The number of esters is 1. The first kappa shape index (κ1) is 20.9. The van der Waals surface area contributed by atoms with Crippen molar-refractivity contribution >= 4 is 39.0 Å². The number of ether oxygens (including phenoxy) is 1. The number of nitrogens with one attached hydrogen (secondary N) is 1. The Morgan fingerprint density at radius 3 is 2.44 bits per heavy atom. The standard InChI is InChI=1S/C19H20ClNO5S/c1-13-6-8-17(9-7-13)27(24,25)11-10-18(22)26-14(2)19(23)21-16-5-3-4-15(20)12-16/h3-9,12,14H,10-11H2,1-2H3,(H,21,23). The Labute approximate surface area is 163 Å². The number of rotatable bonds is 7. The van der Waals surface area contributed by atoms with Gasteiger partial charge in [-0.3, -0.25) is 9.59 Å². The molecule has 8 heteroatoms. The molecular weight excluding hydrogens is 390 g/mol. The minimum Gasteiger partial charge on any atom is -0.453 e. The summed E-state index contributed by atoms with van der Waals surface area (Å²) in [5, 5.41) is 3.03. The predicted octanol–water partition coefficient (Wildman–Crippen LogP) is 3.38. The third-order valence-corrected chi connectivity index (χ3v) is 5.69. The number of amides is 1. The summed E-state index contributed by atoms with van der Waals surface area (Å²) >= 11 is 5.84. The van der Waals surface area contributed by atoms with Gasteiger partial charge in [-0.15, -0.1) is 0 Å². The van der Waals surface area contributed by atoms with Crippen LogP contribution in [0.25, 0.3) is 0 Å². The summed E-state index contributed by atoms with van der Waals surface area (Å²) in [5.74, 6) is -1.69. The quantitative estimate of drug-likeness (QED) is 0.708. The molecular formula is C19H20ClNO5S. The first-order valence-electron chi connectivity index (χ1n) is 8.23. The van der Waals surface area contributed by atoms with Gasteiger partial charge in [0.1, 0.15) is 0 Å². The maximum absolute atomic E-state index is 12.2. The summed E-state index contributed by atoms with van der Waals surface area (Å²) in [6.45, 7) is 3.26. The Bertz CT molecular complexity index is 925. The van der Waals surface area contributed by atoms with Gasteiger partial charge in [0.15, 0.2) is 15.9 Å². The third-order valence-electron chi connectivity index (χ3n) is 3.72. The topological polar surface area (TPSA) is 89.5 Å². The van der Waals surface area contributed by atoms with E-state index in [1.807, 2.05) is 6.92 Å². The van der Waals surface area contributed by atoms with Crippen LogP contribution in [0.15, 0.2) is 53.4 Å². The van der Waals surface area contributed by atoms with Gasteiger partial charge in [-0.1, -0.05) is 35.4 Å². The van der Waals surface area contributed by atoms with Gasteiger partial charge in [-0.05, 0) is 44.2 Å². The normalized spacial score (nSPS) is 12.3. The SMILES string of the molecule is Cc1ccc(S(=O)(=O)CCC(=O)OC(C)C(=O)Nc2cccc(Cl)c2)cc1. The van der Waals surface area contributed by atoms with E-state index in [4.69, 9.17) is 16.3 Å². The molecule has 0 bridgehead atoms. The summed E-state index contributed by atoms with van der Waals surface area (Å²) in [4.78, 5) is 24.1. The predicted molar refractivity (Wildman–Crippen MR) is 103 cm³/mol. The number of halogens is 1. The number of aryl methyl sites for hydroxylation is 1. The number of benzene rings is 2. The molecule has 0 radical (unpaired) electrons. The highest BCUT2D eigenvalue weighted by Crippen LogP contribution is 2.16. The Morgan fingerprint density at radius 1 is 1.15 bits per heavy atom. The van der Waals surface area contributed by atoms with Gasteiger partial charge in [-0.2, -0.15) is 0 Å². The van der Waals surface area contributed by atoms with Crippen LogP contribution in [0.4, 0.5) is 5.69 Å². The molecule has 0 aromatic heterocycles. The lowest BCUT2D eigenvalue weighted by molar-refractivity contribution is -0.152. The molecule has 1 N–H and O–H groups in total. The van der Waals surface area contributed by atoms with Crippen LogP contribution >= 0.6 is 11.6 Å². The third kappa shape index (κ3) is 6.37. The zero-order chi connectivity index (χ0) is 20.0. The summed E-state index contributed by atoms with van der Waals surface area (Å²) < 4.78 is 29.5. The summed E-state index contributed by atoms with van der Waals surface area (Å²) in [6, 6.07) is 12.9. The molecule has 1 unspecified atom stereocenters. The monoisotopic (exact) mass is 409 g/mol. The van der Waals surface area contributed by atoms with Crippen molar-refractivity contribution in [1.29, 1.82) is 0 Å². The number of carbonyl (C=O) groups excluding carboxylic acids is 2. The molecule has 2 aromatic carbocycles. The van der Waals surface area contributed by atoms with Gasteiger partial charge in [0.2, 0.25) is 0 Å². The fourth-order valence-electron chi connectivity index (χ4n) is 2.20. The zero-order valence-electron chi connectivity index (χ0n) is 14.9. The second kappa shape index (κ2) is 9.01. The lowest BCUT2D eigenvalue weighted by Gasteiger charge is -2.14. The fraction of sp³-hybridized carbons (Fsp3) is 0.263. The molecule has 0 spiro atoms. The van der Waals surface area contributed by atoms with Crippen molar-refractivity contribution in [3.05, 3.63) is 59.1 Å². The van der Waals surface area contributed by atoms with Gasteiger partial charge in [0.05, 0.1) is 17.1 Å². The first-order chi connectivity index (χ1) is 12.7. The summed E-state index contributed by atoms with van der Waals surface area (Å²) in [6.07, 6.45) is -1.41. The molecule has 1 atom stereocenters. The Hall–Kier alpha value is -2.38. The van der Waals surface area contributed by atoms with E-state index in [2.05, 4.69) is 5.32 Å². The maximum atomic E-state index is 12.2. The van der Waals surface area contributed by atoms with E-state index in [1.165, 1.54) is 19.1 Å². The lowest BCUT2D eigenvalue weighted by Crippen LogP contribution is -2.30. The van der Waals surface area contributed by atoms with E-state index in [9.17, 15) is 18.0 Å². The van der Waals surface area contributed by atoms with Gasteiger partial charge in [-0.25, -0.2) is 8.42 Å². The summed E-state index contributed by atoms with van der Waals surface area (Å²) in [5.41, 5.74) is 1.41. The van der Waals surface area contributed by atoms with Crippen molar-refractivity contribution in [2.75, 3.05) is 11.1 Å². The van der Waals surface area contributed by atoms with E-state index in [0.29, 0.717) is 10.7 Å². The second-order valence-corrected chi connectivity index (χ2v) is 8.56. The van der Waals surface area contributed by atoms with Crippen LogP contribution in [0.3, 0.4) is 0 Å². The average molecular weight is 410 g/mol. The zero-order valence-corrected chi connectivity index (χ0v) is 16.5. The number of sulfone groups is 1. The molecule has 27 heavy (non-hydrogen) atoms. The van der Waals surface area contributed by atoms with Crippen LogP contribution in [0.1, 0.15) is 18.9 Å². The molecule has 2 aromatic rings. The largest absolute Gasteiger partial charge is 0.453 e. The first-order valence-corrected chi connectivity index (χ1v) is 10.3. The molecule has 0 saturated carbocycles. The van der Waals surface area contributed by atoms with E-state index < -0.39 is 33.6 Å². The van der Waals surface area contributed by atoms with Gasteiger partial charge in [0.25, 0.3) is 5.91 Å². The van der Waals surface area contributed by atoms with Crippen LogP contribution in [0.2, 0.25) is 5.02 Å². The maximum Gasteiger partial charge on any atom is 0.307 e. The number of anilines is 1. The Kier molecular flexibility index (Phi) is 6.98. The van der Waals surface area contributed by atoms with E-state index in [1.54, 1.807) is 36.4 Å². The highest BCUT2D eigenvalue weighted by atomic mass is 35.5. The minimum atomic E-state index is -3.60. The molecule has 144 valence electrons. The van der Waals surface area contributed by atoms with Crippen LogP contribution in [-0.4, -0.2) is 32.2 Å². The second-order valence-electron chi connectivity index (χ2n) is 6.01. The van der Waals surface area contributed by atoms with Gasteiger partial charge >= 0.3 is 5.97 Å². The minimum absolute atomic E-state index is 0.146. The van der Waals surface area contributed by atoms with Crippen LogP contribution in [0, 0.1) is 6.92 Å². The molecule has 0 aliphatic heterocycles. The van der Waals surface area contributed by atoms with Crippen molar-refractivity contribution in [3.63, 3.8) is 0 Å². The van der Waals surface area contributed by atoms with Crippen molar-refractivity contribution in [1.82, 2.24) is 0 Å². The number of carbonyl (C=O) groups is 2. The molecule has 1 amide bonds.